The highest BCUT2D eigenvalue weighted by Gasteiger charge is 2.32. The second kappa shape index (κ2) is 7.22. The molecule has 0 radical (unpaired) electrons. The van der Waals surface area contributed by atoms with Gasteiger partial charge in [0.25, 0.3) is 5.91 Å². The van der Waals surface area contributed by atoms with Crippen molar-refractivity contribution in [3.05, 3.63) is 35.9 Å². The minimum absolute atomic E-state index is 0.153. The average molecular weight is 305 g/mol. The van der Waals surface area contributed by atoms with Gasteiger partial charge in [-0.15, -0.1) is 0 Å². The van der Waals surface area contributed by atoms with Crippen LogP contribution in [0, 0.1) is 0 Å². The molecule has 22 heavy (non-hydrogen) atoms. The zero-order valence-corrected chi connectivity index (χ0v) is 12.9. The van der Waals surface area contributed by atoms with Crippen molar-refractivity contribution in [2.45, 2.75) is 25.0 Å². The first-order chi connectivity index (χ1) is 10.7. The van der Waals surface area contributed by atoms with Crippen molar-refractivity contribution in [1.29, 1.82) is 0 Å². The Morgan fingerprint density at radius 1 is 1.32 bits per heavy atom. The number of piperazine rings is 1. The van der Waals surface area contributed by atoms with E-state index < -0.39 is 6.10 Å². The Bertz CT molecular complexity index is 480. The van der Waals surface area contributed by atoms with E-state index in [9.17, 15) is 9.90 Å². The zero-order valence-electron chi connectivity index (χ0n) is 12.9. The Balaban J connectivity index is 1.46. The van der Waals surface area contributed by atoms with Gasteiger partial charge in [0.15, 0.2) is 0 Å². The number of carbonyl (C=O) groups excluding carboxylic acids is 1. The monoisotopic (exact) mass is 305 g/mol. The van der Waals surface area contributed by atoms with Crippen LogP contribution in [0.4, 0.5) is 0 Å². The molecule has 0 unspecified atom stereocenters. The molecule has 2 aliphatic heterocycles. The minimum atomic E-state index is -0.434. The topological polar surface area (TPSA) is 54.2 Å². The molecule has 0 aliphatic carbocycles. The fourth-order valence-electron chi connectivity index (χ4n) is 3.29. The summed E-state index contributed by atoms with van der Waals surface area (Å²) in [5.74, 6) is 0.153. The number of quaternary nitrogens is 1. The lowest BCUT2D eigenvalue weighted by atomic mass is 10.1. The number of ether oxygens (including phenoxy) is 1. The van der Waals surface area contributed by atoms with Gasteiger partial charge in [0.1, 0.15) is 18.8 Å². The van der Waals surface area contributed by atoms with Crippen molar-refractivity contribution in [1.82, 2.24) is 4.90 Å². The van der Waals surface area contributed by atoms with Crippen molar-refractivity contribution >= 4 is 5.91 Å². The molecule has 5 nitrogen and oxygen atoms in total. The number of nitrogens with one attached hydrogen (secondary N) is 1. The van der Waals surface area contributed by atoms with Crippen molar-refractivity contribution in [2.75, 3.05) is 39.3 Å². The zero-order chi connectivity index (χ0) is 15.4. The summed E-state index contributed by atoms with van der Waals surface area (Å²) in [5, 5.41) is 10.3. The van der Waals surface area contributed by atoms with Crippen LogP contribution in [0.15, 0.2) is 30.3 Å². The predicted octanol–water partition coefficient (Wildman–Crippen LogP) is -0.374. The Kier molecular flexibility index (Phi) is 5.08. The highest BCUT2D eigenvalue weighted by atomic mass is 16.5. The molecule has 2 atom stereocenters. The number of rotatable bonds is 4. The lowest BCUT2D eigenvalue weighted by Gasteiger charge is -2.34. The number of carbonyl (C=O) groups is 1. The fourth-order valence-corrected chi connectivity index (χ4v) is 3.29. The van der Waals surface area contributed by atoms with Gasteiger partial charge < -0.3 is 19.6 Å². The van der Waals surface area contributed by atoms with Crippen LogP contribution in [0.25, 0.3) is 0 Å². The second-order valence-corrected chi connectivity index (χ2v) is 6.21. The van der Waals surface area contributed by atoms with Crippen LogP contribution < -0.4 is 4.90 Å². The molecule has 120 valence electrons. The van der Waals surface area contributed by atoms with Crippen LogP contribution in [0.2, 0.25) is 0 Å². The first-order valence-electron chi connectivity index (χ1n) is 8.21. The Morgan fingerprint density at radius 3 is 2.68 bits per heavy atom. The molecule has 2 heterocycles. The molecule has 0 spiro atoms. The lowest BCUT2D eigenvalue weighted by Crippen LogP contribution is -3.15. The predicted molar refractivity (Wildman–Crippen MR) is 82.5 cm³/mol. The molecular weight excluding hydrogens is 280 g/mol. The van der Waals surface area contributed by atoms with Crippen molar-refractivity contribution in [2.24, 2.45) is 0 Å². The molecule has 1 aromatic carbocycles. The summed E-state index contributed by atoms with van der Waals surface area (Å²) in [6.07, 6.45) is 1.21. The van der Waals surface area contributed by atoms with Crippen LogP contribution in [0.1, 0.15) is 24.5 Å². The van der Waals surface area contributed by atoms with E-state index in [0.717, 1.165) is 44.6 Å². The molecule has 3 rings (SSSR count). The van der Waals surface area contributed by atoms with Crippen molar-refractivity contribution in [3.8, 4) is 0 Å². The van der Waals surface area contributed by atoms with Gasteiger partial charge in [-0.25, -0.2) is 0 Å². The first kappa shape index (κ1) is 15.5. The molecule has 0 bridgehead atoms. The summed E-state index contributed by atoms with van der Waals surface area (Å²) in [6.45, 7) is 4.71. The summed E-state index contributed by atoms with van der Waals surface area (Å²) in [5.41, 5.74) is 0.966. The van der Waals surface area contributed by atoms with Crippen molar-refractivity contribution < 1.29 is 19.5 Å². The van der Waals surface area contributed by atoms with Gasteiger partial charge in [-0.2, -0.15) is 0 Å². The van der Waals surface area contributed by atoms with E-state index >= 15 is 0 Å². The number of hydrogen-bond donors (Lipinski definition) is 2. The Hall–Kier alpha value is -1.43. The van der Waals surface area contributed by atoms with E-state index in [1.807, 2.05) is 35.2 Å². The normalized spacial score (nSPS) is 24.4. The van der Waals surface area contributed by atoms with E-state index in [1.54, 1.807) is 0 Å². The largest absolute Gasteiger partial charge is 0.382 e. The molecule has 2 N–H and O–H groups in total. The van der Waals surface area contributed by atoms with Crippen LogP contribution in [-0.2, 0) is 9.53 Å². The Morgan fingerprint density at radius 2 is 2.05 bits per heavy atom. The van der Waals surface area contributed by atoms with Gasteiger partial charge in [0, 0.05) is 6.61 Å². The SMILES string of the molecule is O=C([C@H]1CCCO1)N1CC[NH+](C[C@H](O)c2ccccc2)CC1. The Labute approximate surface area is 131 Å². The van der Waals surface area contributed by atoms with Gasteiger partial charge in [-0.1, -0.05) is 30.3 Å². The maximum atomic E-state index is 12.3. The third-order valence-electron chi connectivity index (χ3n) is 4.65. The number of nitrogens with zero attached hydrogens (tertiary/aromatic N) is 1. The standard InChI is InChI=1S/C17H24N2O3/c20-15(14-5-2-1-3-6-14)13-18-8-10-19(11-9-18)17(21)16-7-4-12-22-16/h1-3,5-6,15-16,20H,4,7-13H2/p+1/t15-,16+/m0/s1. The molecule has 5 heteroatoms. The van der Waals surface area contributed by atoms with Crippen LogP contribution in [0.5, 0.6) is 0 Å². The molecule has 1 aromatic rings. The smallest absolute Gasteiger partial charge is 0.252 e. The number of benzene rings is 1. The highest BCUT2D eigenvalue weighted by molar-refractivity contribution is 5.81. The lowest BCUT2D eigenvalue weighted by molar-refractivity contribution is -0.907. The minimum Gasteiger partial charge on any atom is -0.382 e. The van der Waals surface area contributed by atoms with Gasteiger partial charge in [-0.3, -0.25) is 4.79 Å². The summed E-state index contributed by atoms with van der Waals surface area (Å²) >= 11 is 0. The number of aliphatic hydroxyl groups excluding tert-OH is 1. The van der Waals surface area contributed by atoms with Gasteiger partial charge in [0.2, 0.25) is 0 Å². The summed E-state index contributed by atoms with van der Waals surface area (Å²) < 4.78 is 5.48. The third kappa shape index (κ3) is 3.66. The number of hydrogen-bond acceptors (Lipinski definition) is 3. The van der Waals surface area contributed by atoms with Crippen LogP contribution in [0.3, 0.4) is 0 Å². The molecule has 2 aliphatic rings. The molecule has 0 aromatic heterocycles. The summed E-state index contributed by atoms with van der Waals surface area (Å²) in [7, 11) is 0. The fraction of sp³-hybridized carbons (Fsp3) is 0.588. The van der Waals surface area contributed by atoms with E-state index in [1.165, 1.54) is 4.90 Å². The highest BCUT2D eigenvalue weighted by Crippen LogP contribution is 2.15. The molecule has 2 saturated heterocycles. The average Bonchev–Trinajstić information content (AvgIpc) is 3.10. The summed E-state index contributed by atoms with van der Waals surface area (Å²) in [6, 6.07) is 9.78. The summed E-state index contributed by atoms with van der Waals surface area (Å²) in [4.78, 5) is 15.6. The number of amides is 1. The van der Waals surface area contributed by atoms with Gasteiger partial charge in [0.05, 0.1) is 26.2 Å². The first-order valence-corrected chi connectivity index (χ1v) is 8.21. The maximum Gasteiger partial charge on any atom is 0.252 e. The van der Waals surface area contributed by atoms with Crippen LogP contribution in [-0.4, -0.2) is 61.3 Å². The second-order valence-electron chi connectivity index (χ2n) is 6.21. The van der Waals surface area contributed by atoms with E-state index in [0.29, 0.717) is 13.2 Å². The van der Waals surface area contributed by atoms with Gasteiger partial charge in [-0.05, 0) is 18.4 Å². The van der Waals surface area contributed by atoms with E-state index in [2.05, 4.69) is 0 Å². The molecular formula is C17H25N2O3+. The molecule has 2 fully saturated rings. The van der Waals surface area contributed by atoms with Gasteiger partial charge >= 0.3 is 0 Å². The van der Waals surface area contributed by atoms with Crippen molar-refractivity contribution in [3.63, 3.8) is 0 Å². The van der Waals surface area contributed by atoms with E-state index in [-0.39, 0.29) is 12.0 Å². The quantitative estimate of drug-likeness (QED) is 0.798. The maximum absolute atomic E-state index is 12.3. The third-order valence-corrected chi connectivity index (χ3v) is 4.65. The van der Waals surface area contributed by atoms with Crippen LogP contribution >= 0.6 is 0 Å². The molecule has 1 amide bonds. The number of aliphatic hydroxyl groups is 1. The molecule has 0 saturated carbocycles. The van der Waals surface area contributed by atoms with E-state index in [4.69, 9.17) is 4.74 Å².